The largest absolute Gasteiger partial charge is 0.347 e. The molecule has 1 atom stereocenters. The molecule has 1 aliphatic heterocycles. The lowest BCUT2D eigenvalue weighted by atomic mass is 10.1. The molecule has 16 heavy (non-hydrogen) atoms. The van der Waals surface area contributed by atoms with Gasteiger partial charge in [-0.2, -0.15) is 0 Å². The van der Waals surface area contributed by atoms with Crippen LogP contribution in [0.25, 0.3) is 0 Å². The molecule has 1 aromatic rings. The second kappa shape index (κ2) is 5.37. The van der Waals surface area contributed by atoms with E-state index in [1.54, 1.807) is 0 Å². The second-order valence-electron chi connectivity index (χ2n) is 4.15. The van der Waals surface area contributed by atoms with Crippen molar-refractivity contribution in [1.29, 1.82) is 0 Å². The summed E-state index contributed by atoms with van der Waals surface area (Å²) in [6.45, 7) is 2.32. The number of aryl methyl sites for hydroxylation is 1. The number of nitrogens with zero attached hydrogens (tertiary/aromatic N) is 2. The maximum absolute atomic E-state index is 12.1. The topological polar surface area (TPSA) is 51.3 Å². The van der Waals surface area contributed by atoms with Crippen LogP contribution in [0.4, 0.5) is 0 Å². The second-order valence-corrected chi connectivity index (χ2v) is 4.15. The SMILES string of the molecule is Cl.Cn1cccc1C(=O)N1CCC(CN)C1. The fourth-order valence-corrected chi connectivity index (χ4v) is 2.05. The third-order valence-electron chi connectivity index (χ3n) is 3.07. The molecular formula is C11H18ClN3O. The van der Waals surface area contributed by atoms with Crippen LogP contribution < -0.4 is 5.73 Å². The highest BCUT2D eigenvalue weighted by Gasteiger charge is 2.26. The Balaban J connectivity index is 0.00000128. The molecule has 90 valence electrons. The van der Waals surface area contributed by atoms with E-state index in [1.807, 2.05) is 34.8 Å². The van der Waals surface area contributed by atoms with Gasteiger partial charge in [-0.05, 0) is 31.0 Å². The monoisotopic (exact) mass is 243 g/mol. The van der Waals surface area contributed by atoms with E-state index < -0.39 is 0 Å². The maximum Gasteiger partial charge on any atom is 0.270 e. The van der Waals surface area contributed by atoms with Gasteiger partial charge in [-0.3, -0.25) is 4.79 Å². The Labute approximate surface area is 102 Å². The van der Waals surface area contributed by atoms with E-state index in [1.165, 1.54) is 0 Å². The van der Waals surface area contributed by atoms with Crippen molar-refractivity contribution in [3.63, 3.8) is 0 Å². The Morgan fingerprint density at radius 2 is 2.38 bits per heavy atom. The number of hydrogen-bond donors (Lipinski definition) is 1. The first-order valence-electron chi connectivity index (χ1n) is 5.33. The van der Waals surface area contributed by atoms with Gasteiger partial charge in [0.1, 0.15) is 5.69 Å². The number of aromatic nitrogens is 1. The molecular weight excluding hydrogens is 226 g/mol. The van der Waals surface area contributed by atoms with E-state index in [9.17, 15) is 4.79 Å². The van der Waals surface area contributed by atoms with Crippen LogP contribution in [0, 0.1) is 5.92 Å². The summed E-state index contributed by atoms with van der Waals surface area (Å²) in [4.78, 5) is 14.0. The first-order valence-corrected chi connectivity index (χ1v) is 5.33. The van der Waals surface area contributed by atoms with Crippen LogP contribution in [0.2, 0.25) is 0 Å². The molecule has 5 heteroatoms. The Hall–Kier alpha value is -1.00. The van der Waals surface area contributed by atoms with Crippen LogP contribution in [-0.4, -0.2) is 35.0 Å². The zero-order chi connectivity index (χ0) is 10.8. The molecule has 0 bridgehead atoms. The maximum atomic E-state index is 12.1. The van der Waals surface area contributed by atoms with Crippen molar-refractivity contribution in [2.75, 3.05) is 19.6 Å². The Morgan fingerprint density at radius 3 is 2.88 bits per heavy atom. The van der Waals surface area contributed by atoms with E-state index in [0.29, 0.717) is 12.5 Å². The molecule has 2 N–H and O–H groups in total. The van der Waals surface area contributed by atoms with Crippen LogP contribution in [0.1, 0.15) is 16.9 Å². The average Bonchev–Trinajstić information content (AvgIpc) is 2.84. The fraction of sp³-hybridized carbons (Fsp3) is 0.545. The molecule has 0 spiro atoms. The minimum Gasteiger partial charge on any atom is -0.347 e. The summed E-state index contributed by atoms with van der Waals surface area (Å²) in [7, 11) is 1.89. The van der Waals surface area contributed by atoms with Crippen molar-refractivity contribution in [3.05, 3.63) is 24.0 Å². The van der Waals surface area contributed by atoms with Crippen LogP contribution in [0.5, 0.6) is 0 Å². The van der Waals surface area contributed by atoms with Gasteiger partial charge in [-0.1, -0.05) is 0 Å². The van der Waals surface area contributed by atoms with Crippen molar-refractivity contribution in [3.8, 4) is 0 Å². The number of likely N-dealkylation sites (tertiary alicyclic amines) is 1. The minimum absolute atomic E-state index is 0. The van der Waals surface area contributed by atoms with Gasteiger partial charge in [0.05, 0.1) is 0 Å². The number of nitrogens with two attached hydrogens (primary N) is 1. The van der Waals surface area contributed by atoms with Crippen molar-refractivity contribution in [1.82, 2.24) is 9.47 Å². The minimum atomic E-state index is 0. The molecule has 2 heterocycles. The first-order chi connectivity index (χ1) is 7.22. The van der Waals surface area contributed by atoms with Gasteiger partial charge in [-0.25, -0.2) is 0 Å². The number of amides is 1. The predicted octanol–water partition coefficient (Wildman–Crippen LogP) is 0.868. The molecule has 1 saturated heterocycles. The van der Waals surface area contributed by atoms with Gasteiger partial charge in [-0.15, -0.1) is 12.4 Å². The lowest BCUT2D eigenvalue weighted by Crippen LogP contribution is -2.31. The van der Waals surface area contributed by atoms with Crippen molar-refractivity contribution in [2.45, 2.75) is 6.42 Å². The smallest absolute Gasteiger partial charge is 0.270 e. The third kappa shape index (κ3) is 2.39. The summed E-state index contributed by atoms with van der Waals surface area (Å²) in [5.74, 6) is 0.604. The summed E-state index contributed by atoms with van der Waals surface area (Å²) in [6.07, 6.45) is 2.93. The van der Waals surface area contributed by atoms with Gasteiger partial charge < -0.3 is 15.2 Å². The highest BCUT2D eigenvalue weighted by atomic mass is 35.5. The Kier molecular flexibility index (Phi) is 4.38. The van der Waals surface area contributed by atoms with Gasteiger partial charge in [0.15, 0.2) is 0 Å². The Bertz CT molecular complexity index is 364. The van der Waals surface area contributed by atoms with E-state index in [-0.39, 0.29) is 18.3 Å². The first kappa shape index (κ1) is 13.1. The molecule has 1 amide bonds. The van der Waals surface area contributed by atoms with Crippen LogP contribution in [0.15, 0.2) is 18.3 Å². The molecule has 0 aromatic carbocycles. The molecule has 1 aromatic heterocycles. The van der Waals surface area contributed by atoms with Crippen molar-refractivity contribution in [2.24, 2.45) is 18.7 Å². The average molecular weight is 244 g/mol. The Morgan fingerprint density at radius 1 is 1.62 bits per heavy atom. The molecule has 1 fully saturated rings. The van der Waals surface area contributed by atoms with Crippen LogP contribution in [0.3, 0.4) is 0 Å². The normalized spacial score (nSPS) is 19.6. The molecule has 0 saturated carbocycles. The zero-order valence-corrected chi connectivity index (χ0v) is 10.2. The fourth-order valence-electron chi connectivity index (χ4n) is 2.05. The molecule has 4 nitrogen and oxygen atoms in total. The number of halogens is 1. The van der Waals surface area contributed by atoms with E-state index >= 15 is 0 Å². The summed E-state index contributed by atoms with van der Waals surface area (Å²) in [5, 5.41) is 0. The van der Waals surface area contributed by atoms with Gasteiger partial charge in [0.25, 0.3) is 5.91 Å². The van der Waals surface area contributed by atoms with Gasteiger partial charge in [0.2, 0.25) is 0 Å². The summed E-state index contributed by atoms with van der Waals surface area (Å²) < 4.78 is 1.86. The standard InChI is InChI=1S/C11H17N3O.ClH/c1-13-5-2-3-10(13)11(15)14-6-4-9(7-12)8-14;/h2-3,5,9H,4,6-8,12H2,1H3;1H. The summed E-state index contributed by atoms with van der Waals surface area (Å²) in [5.41, 5.74) is 6.36. The molecule has 0 radical (unpaired) electrons. The number of rotatable bonds is 2. The number of carbonyl (C=O) groups is 1. The van der Waals surface area contributed by atoms with Gasteiger partial charge >= 0.3 is 0 Å². The molecule has 1 aliphatic rings. The van der Waals surface area contributed by atoms with Crippen LogP contribution in [-0.2, 0) is 7.05 Å². The summed E-state index contributed by atoms with van der Waals surface area (Å²) >= 11 is 0. The van der Waals surface area contributed by atoms with E-state index in [0.717, 1.165) is 25.2 Å². The van der Waals surface area contributed by atoms with Crippen molar-refractivity contribution >= 4 is 18.3 Å². The van der Waals surface area contributed by atoms with E-state index in [4.69, 9.17) is 5.73 Å². The summed E-state index contributed by atoms with van der Waals surface area (Å²) in [6, 6.07) is 3.75. The van der Waals surface area contributed by atoms with Crippen molar-refractivity contribution < 1.29 is 4.79 Å². The highest BCUT2D eigenvalue weighted by Crippen LogP contribution is 2.17. The van der Waals surface area contributed by atoms with Gasteiger partial charge in [0, 0.05) is 26.3 Å². The number of carbonyl (C=O) groups excluding carboxylic acids is 1. The molecule has 2 rings (SSSR count). The number of hydrogen-bond acceptors (Lipinski definition) is 2. The highest BCUT2D eigenvalue weighted by molar-refractivity contribution is 5.92. The lowest BCUT2D eigenvalue weighted by Gasteiger charge is -2.16. The van der Waals surface area contributed by atoms with Crippen LogP contribution >= 0.6 is 12.4 Å². The zero-order valence-electron chi connectivity index (χ0n) is 9.43. The lowest BCUT2D eigenvalue weighted by molar-refractivity contribution is 0.0778. The molecule has 1 unspecified atom stereocenters. The predicted molar refractivity (Wildman–Crippen MR) is 65.7 cm³/mol. The molecule has 0 aliphatic carbocycles. The quantitative estimate of drug-likeness (QED) is 0.838. The third-order valence-corrected chi connectivity index (χ3v) is 3.07. The van der Waals surface area contributed by atoms with E-state index in [2.05, 4.69) is 0 Å².